The van der Waals surface area contributed by atoms with Crippen LogP contribution in [0.15, 0.2) is 18.2 Å². The summed E-state index contributed by atoms with van der Waals surface area (Å²) in [6.45, 7) is 2.72. The van der Waals surface area contributed by atoms with Crippen molar-refractivity contribution in [2.24, 2.45) is 5.73 Å². The molecule has 0 saturated carbocycles. The lowest BCUT2D eigenvalue weighted by molar-refractivity contribution is -0.251. The summed E-state index contributed by atoms with van der Waals surface area (Å²) in [5.41, 5.74) is 2.26. The summed E-state index contributed by atoms with van der Waals surface area (Å²) in [5.74, 6) is -3.58. The molecule has 0 spiro atoms. The minimum Gasteiger partial charge on any atom is -0.507 e. The average Bonchev–Trinajstić information content (AvgIpc) is 2.91. The van der Waals surface area contributed by atoms with Crippen molar-refractivity contribution in [3.05, 3.63) is 51.6 Å². The molecule has 214 valence electrons. The van der Waals surface area contributed by atoms with Crippen LogP contribution in [-0.2, 0) is 19.0 Å². The molecule has 2 aliphatic carbocycles. The summed E-state index contributed by atoms with van der Waals surface area (Å²) < 4.78 is 22.6. The number of ketones is 3. The molecule has 12 nitrogen and oxygen atoms in total. The zero-order chi connectivity index (χ0) is 29.3. The lowest BCUT2D eigenvalue weighted by Crippen LogP contribution is -2.53. The highest BCUT2D eigenvalue weighted by atomic mass is 16.7. The second-order valence-electron chi connectivity index (χ2n) is 10.4. The van der Waals surface area contributed by atoms with E-state index in [2.05, 4.69) is 0 Å². The van der Waals surface area contributed by atoms with E-state index in [1.807, 2.05) is 0 Å². The van der Waals surface area contributed by atoms with Crippen LogP contribution in [0.1, 0.15) is 81.9 Å². The minimum absolute atomic E-state index is 0.0310. The first-order valence-electron chi connectivity index (χ1n) is 12.8. The van der Waals surface area contributed by atoms with Crippen molar-refractivity contribution in [2.45, 2.75) is 69.0 Å². The molecule has 5 rings (SSSR count). The molecule has 0 amide bonds. The van der Waals surface area contributed by atoms with Crippen LogP contribution in [0.3, 0.4) is 0 Å². The van der Waals surface area contributed by atoms with Crippen molar-refractivity contribution in [1.82, 2.24) is 0 Å². The number of phenols is 2. The predicted octanol–water partition coefficient (Wildman–Crippen LogP) is 1.17. The number of aliphatic hydroxyl groups excluding tert-OH is 1. The van der Waals surface area contributed by atoms with Gasteiger partial charge in [0.15, 0.2) is 23.5 Å². The Morgan fingerprint density at radius 3 is 2.33 bits per heavy atom. The summed E-state index contributed by atoms with van der Waals surface area (Å²) in [4.78, 5) is 40.2. The molecule has 0 bridgehead atoms. The number of hydrogen-bond acceptors (Lipinski definition) is 12. The molecule has 7 atom stereocenters. The number of phenolic OH excluding ortho intramolecular Hbond substituents is 2. The quantitative estimate of drug-likeness (QED) is 0.281. The first-order valence-corrected chi connectivity index (χ1v) is 12.8. The van der Waals surface area contributed by atoms with Gasteiger partial charge in [-0.05, 0) is 19.9 Å². The molecule has 2 aromatic rings. The Hall–Kier alpha value is -3.39. The third kappa shape index (κ3) is 3.94. The van der Waals surface area contributed by atoms with Crippen molar-refractivity contribution in [3.63, 3.8) is 0 Å². The SMILES string of the molecule is COc1cccc2c1C(=O)c1c(O)c3c(c(O)c1C2=O)[C@@H](OC)[C@@](O)(C(C)=O)C[C@@H]3OC1CC(N)C(O)C(C)O1. The Labute approximate surface area is 229 Å². The number of fused-ring (bicyclic) bond motifs is 3. The highest BCUT2D eigenvalue weighted by molar-refractivity contribution is 6.31. The fraction of sp³-hybridized carbons (Fsp3) is 0.464. The maximum Gasteiger partial charge on any atom is 0.202 e. The molecule has 2 aromatic carbocycles. The summed E-state index contributed by atoms with van der Waals surface area (Å²) in [7, 11) is 2.52. The highest BCUT2D eigenvalue weighted by Crippen LogP contribution is 2.56. The van der Waals surface area contributed by atoms with E-state index >= 15 is 0 Å². The normalized spacial score (nSPS) is 31.3. The van der Waals surface area contributed by atoms with E-state index < -0.39 is 88.7 Å². The molecule has 6 N–H and O–H groups in total. The number of carbonyl (C=O) groups excluding carboxylic acids is 3. The van der Waals surface area contributed by atoms with Gasteiger partial charge >= 0.3 is 0 Å². The first-order chi connectivity index (χ1) is 18.9. The molecule has 4 unspecified atom stereocenters. The summed E-state index contributed by atoms with van der Waals surface area (Å²) in [5, 5.41) is 44.9. The number of carbonyl (C=O) groups is 3. The first kappa shape index (κ1) is 28.1. The summed E-state index contributed by atoms with van der Waals surface area (Å²) in [6, 6.07) is 3.67. The summed E-state index contributed by atoms with van der Waals surface area (Å²) >= 11 is 0. The zero-order valence-corrected chi connectivity index (χ0v) is 22.3. The lowest BCUT2D eigenvalue weighted by Gasteiger charge is -2.45. The van der Waals surface area contributed by atoms with Crippen molar-refractivity contribution < 1.29 is 53.8 Å². The van der Waals surface area contributed by atoms with Crippen LogP contribution in [0.4, 0.5) is 0 Å². The molecule has 1 aliphatic heterocycles. The van der Waals surface area contributed by atoms with E-state index in [1.165, 1.54) is 32.4 Å². The van der Waals surface area contributed by atoms with Crippen molar-refractivity contribution in [1.29, 1.82) is 0 Å². The number of ether oxygens (including phenoxy) is 4. The number of aliphatic hydroxyl groups is 2. The van der Waals surface area contributed by atoms with E-state index in [1.54, 1.807) is 6.92 Å². The van der Waals surface area contributed by atoms with E-state index in [0.717, 1.165) is 6.92 Å². The van der Waals surface area contributed by atoms with Gasteiger partial charge in [0, 0.05) is 42.7 Å². The molecular weight excluding hydrogens is 526 g/mol. The largest absolute Gasteiger partial charge is 0.507 e. The molecule has 12 heteroatoms. The Kier molecular flexibility index (Phi) is 6.97. The topological polar surface area (TPSA) is 195 Å². The molecule has 0 radical (unpaired) electrons. The van der Waals surface area contributed by atoms with Gasteiger partial charge in [-0.2, -0.15) is 0 Å². The van der Waals surface area contributed by atoms with Crippen LogP contribution < -0.4 is 10.5 Å². The number of rotatable bonds is 5. The van der Waals surface area contributed by atoms with Gasteiger partial charge in [0.1, 0.15) is 23.4 Å². The maximum absolute atomic E-state index is 13.7. The van der Waals surface area contributed by atoms with Crippen LogP contribution in [0.2, 0.25) is 0 Å². The van der Waals surface area contributed by atoms with Crippen molar-refractivity contribution >= 4 is 17.3 Å². The third-order valence-corrected chi connectivity index (χ3v) is 8.12. The second kappa shape index (κ2) is 9.91. The highest BCUT2D eigenvalue weighted by Gasteiger charge is 2.55. The van der Waals surface area contributed by atoms with Gasteiger partial charge < -0.3 is 45.1 Å². The van der Waals surface area contributed by atoms with Crippen LogP contribution >= 0.6 is 0 Å². The molecule has 40 heavy (non-hydrogen) atoms. The molecule has 0 aromatic heterocycles. The van der Waals surface area contributed by atoms with E-state index in [4.69, 9.17) is 24.7 Å². The second-order valence-corrected chi connectivity index (χ2v) is 10.4. The number of nitrogens with two attached hydrogens (primary N) is 1. The van der Waals surface area contributed by atoms with Gasteiger partial charge in [0.25, 0.3) is 0 Å². The van der Waals surface area contributed by atoms with E-state index in [-0.39, 0.29) is 34.4 Å². The van der Waals surface area contributed by atoms with Gasteiger partial charge in [-0.3, -0.25) is 14.4 Å². The third-order valence-electron chi connectivity index (χ3n) is 8.12. The van der Waals surface area contributed by atoms with Crippen LogP contribution in [0, 0.1) is 0 Å². The number of benzene rings is 2. The molecule has 1 saturated heterocycles. The monoisotopic (exact) mass is 557 g/mol. The zero-order valence-electron chi connectivity index (χ0n) is 22.3. The maximum atomic E-state index is 13.7. The average molecular weight is 558 g/mol. The van der Waals surface area contributed by atoms with E-state index in [0.29, 0.717) is 0 Å². The van der Waals surface area contributed by atoms with Crippen molar-refractivity contribution in [2.75, 3.05) is 14.2 Å². The van der Waals surface area contributed by atoms with Crippen LogP contribution in [0.5, 0.6) is 17.2 Å². The molecule has 1 heterocycles. The number of methoxy groups -OCH3 is 2. The number of hydrogen-bond donors (Lipinski definition) is 5. The van der Waals surface area contributed by atoms with E-state index in [9.17, 15) is 34.8 Å². The lowest BCUT2D eigenvalue weighted by atomic mass is 9.70. The van der Waals surface area contributed by atoms with Gasteiger partial charge in [-0.1, -0.05) is 12.1 Å². The predicted molar refractivity (Wildman–Crippen MR) is 136 cm³/mol. The minimum atomic E-state index is -2.25. The standard InChI is InChI=1S/C28H31NO11/c1-10-22(31)13(29)8-16(39-10)40-15-9-28(36,11(2)30)27(38-4)21-18(15)25(34)20-19(26(21)35)23(32)12-6-5-7-14(37-3)17(12)24(20)33/h5-7,10,13,15-16,22,27,31,34-36H,8-9,29H2,1-4H3/t10?,13?,15-,16?,22?,27+,28-/m0/s1. The number of aromatic hydroxyl groups is 2. The molecular formula is C28H31NO11. The fourth-order valence-corrected chi connectivity index (χ4v) is 6.02. The molecule has 1 fully saturated rings. The number of Topliss-reactive ketones (excluding diaryl/α,β-unsaturated/α-hetero) is 1. The Balaban J connectivity index is 1.74. The van der Waals surface area contributed by atoms with Crippen LogP contribution in [0.25, 0.3) is 0 Å². The molecule has 3 aliphatic rings. The van der Waals surface area contributed by atoms with Gasteiger partial charge in [0.05, 0.1) is 42.1 Å². The Bertz CT molecular complexity index is 1410. The fourth-order valence-electron chi connectivity index (χ4n) is 6.02. The Morgan fingerprint density at radius 2 is 1.73 bits per heavy atom. The van der Waals surface area contributed by atoms with Crippen LogP contribution in [-0.4, -0.2) is 82.1 Å². The summed E-state index contributed by atoms with van der Waals surface area (Å²) in [6.07, 6.45) is -6.00. The van der Waals surface area contributed by atoms with Gasteiger partial charge in [0.2, 0.25) is 5.78 Å². The van der Waals surface area contributed by atoms with Crippen molar-refractivity contribution in [3.8, 4) is 17.2 Å². The Morgan fingerprint density at radius 1 is 1.07 bits per heavy atom. The smallest absolute Gasteiger partial charge is 0.202 e. The van der Waals surface area contributed by atoms with Gasteiger partial charge in [-0.15, -0.1) is 0 Å². The van der Waals surface area contributed by atoms with Gasteiger partial charge in [-0.25, -0.2) is 0 Å².